The highest BCUT2D eigenvalue weighted by Crippen LogP contribution is 2.43. The van der Waals surface area contributed by atoms with Crippen LogP contribution in [0.25, 0.3) is 0 Å². The molecule has 3 aliphatic rings. The van der Waals surface area contributed by atoms with Gasteiger partial charge in [0, 0.05) is 16.7 Å². The van der Waals surface area contributed by atoms with Crippen molar-refractivity contribution in [2.75, 3.05) is 16.4 Å². The third kappa shape index (κ3) is 4.37. The first-order chi connectivity index (χ1) is 13.3. The number of carbonyl (C=O) groups excluding carboxylic acids is 1. The summed E-state index contributed by atoms with van der Waals surface area (Å²) in [6.07, 6.45) is 6.21. The molecule has 1 aliphatic carbocycles. The normalized spacial score (nSPS) is 28.2. The summed E-state index contributed by atoms with van der Waals surface area (Å²) in [5.41, 5.74) is 0.605. The van der Waals surface area contributed by atoms with Gasteiger partial charge in [-0.15, -0.1) is 0 Å². The van der Waals surface area contributed by atoms with Crippen LogP contribution < -0.4 is 4.90 Å². The molecule has 28 heavy (non-hydrogen) atoms. The fraction of sp³-hybridized carbons (Fsp3) is 0.579. The van der Waals surface area contributed by atoms with E-state index in [1.54, 1.807) is 18.2 Å². The Morgan fingerprint density at radius 3 is 2.71 bits per heavy atom. The first kappa shape index (κ1) is 20.5. The Morgan fingerprint density at radius 1 is 1.21 bits per heavy atom. The smallest absolute Gasteiger partial charge is 0.248 e. The fourth-order valence-electron chi connectivity index (χ4n) is 4.31. The first-order valence-corrected chi connectivity index (χ1v) is 13.0. The minimum Gasteiger partial charge on any atom is -0.314 e. The SMILES string of the molecule is O=C(CCC1CCCC1)N=C1S[C@H]2CS(=O)(=O)C[C@@H]2N1c1cc(Cl)ccc1Cl. The fourth-order valence-corrected chi connectivity index (χ4v) is 8.60. The van der Waals surface area contributed by atoms with Crippen LogP contribution in [0.4, 0.5) is 5.69 Å². The van der Waals surface area contributed by atoms with Crippen molar-refractivity contribution in [1.82, 2.24) is 0 Å². The van der Waals surface area contributed by atoms with Gasteiger partial charge in [-0.25, -0.2) is 8.42 Å². The Hall–Kier alpha value is -0.760. The van der Waals surface area contributed by atoms with Crippen LogP contribution in [0.3, 0.4) is 0 Å². The lowest BCUT2D eigenvalue weighted by molar-refractivity contribution is -0.118. The molecule has 9 heteroatoms. The number of carbonyl (C=O) groups is 1. The molecule has 4 rings (SSSR count). The van der Waals surface area contributed by atoms with Crippen molar-refractivity contribution in [3.05, 3.63) is 28.2 Å². The van der Waals surface area contributed by atoms with Crippen molar-refractivity contribution < 1.29 is 13.2 Å². The van der Waals surface area contributed by atoms with Gasteiger partial charge in [0.25, 0.3) is 0 Å². The number of amidine groups is 1. The number of aliphatic imine (C=N–C) groups is 1. The number of hydrogen-bond donors (Lipinski definition) is 0. The van der Waals surface area contributed by atoms with Gasteiger partial charge in [-0.2, -0.15) is 4.99 Å². The second kappa shape index (κ2) is 8.17. The van der Waals surface area contributed by atoms with Crippen molar-refractivity contribution in [3.63, 3.8) is 0 Å². The van der Waals surface area contributed by atoms with Crippen LogP contribution in [0.15, 0.2) is 23.2 Å². The van der Waals surface area contributed by atoms with Gasteiger partial charge in [0.05, 0.1) is 28.3 Å². The van der Waals surface area contributed by atoms with Gasteiger partial charge in [0.2, 0.25) is 5.91 Å². The average Bonchev–Trinajstić information content (AvgIpc) is 3.30. The third-order valence-corrected chi connectivity index (χ3v) is 9.46. The van der Waals surface area contributed by atoms with E-state index in [0.717, 1.165) is 6.42 Å². The van der Waals surface area contributed by atoms with Crippen LogP contribution in [0.2, 0.25) is 10.0 Å². The number of sulfone groups is 1. The molecule has 1 saturated carbocycles. The summed E-state index contributed by atoms with van der Waals surface area (Å²) >= 11 is 13.9. The maximum Gasteiger partial charge on any atom is 0.248 e. The van der Waals surface area contributed by atoms with Crippen molar-refractivity contribution in [3.8, 4) is 0 Å². The first-order valence-electron chi connectivity index (χ1n) is 9.55. The molecule has 0 N–H and O–H groups in total. The second-order valence-electron chi connectivity index (χ2n) is 7.74. The zero-order chi connectivity index (χ0) is 19.9. The molecule has 0 unspecified atom stereocenters. The summed E-state index contributed by atoms with van der Waals surface area (Å²) < 4.78 is 24.3. The van der Waals surface area contributed by atoms with E-state index in [1.165, 1.54) is 37.4 Å². The van der Waals surface area contributed by atoms with E-state index in [9.17, 15) is 13.2 Å². The Kier molecular flexibility index (Phi) is 5.98. The summed E-state index contributed by atoms with van der Waals surface area (Å²) in [5, 5.41) is 1.34. The van der Waals surface area contributed by atoms with Crippen LogP contribution >= 0.6 is 35.0 Å². The molecule has 3 fully saturated rings. The van der Waals surface area contributed by atoms with Crippen molar-refractivity contribution in [1.29, 1.82) is 0 Å². The van der Waals surface area contributed by atoms with Crippen molar-refractivity contribution in [2.24, 2.45) is 10.9 Å². The number of hydrogen-bond acceptors (Lipinski definition) is 4. The molecule has 1 aromatic rings. The van der Waals surface area contributed by atoms with E-state index in [2.05, 4.69) is 4.99 Å². The molecule has 0 spiro atoms. The number of rotatable bonds is 4. The van der Waals surface area contributed by atoms with Gasteiger partial charge in [-0.3, -0.25) is 4.79 Å². The molecule has 0 radical (unpaired) electrons. The van der Waals surface area contributed by atoms with Gasteiger partial charge in [-0.1, -0.05) is 60.6 Å². The standard InChI is InChI=1S/C19H22Cl2N2O3S2/c20-13-6-7-14(21)15(9-13)23-16-10-28(25,26)11-17(16)27-19(23)22-18(24)8-5-12-3-1-2-4-12/h6-7,9,12,16-17H,1-5,8,10-11H2/t16-,17-/m0/s1. The number of halogens is 2. The molecule has 2 heterocycles. The number of benzene rings is 1. The molecular weight excluding hydrogens is 439 g/mol. The molecule has 0 bridgehead atoms. The maximum absolute atomic E-state index is 12.5. The molecule has 1 aromatic carbocycles. The number of anilines is 1. The van der Waals surface area contributed by atoms with E-state index >= 15 is 0 Å². The van der Waals surface area contributed by atoms with Gasteiger partial charge in [-0.05, 0) is 30.5 Å². The van der Waals surface area contributed by atoms with Crippen LogP contribution in [0, 0.1) is 5.92 Å². The molecule has 0 aromatic heterocycles. The summed E-state index contributed by atoms with van der Waals surface area (Å²) in [7, 11) is -3.12. The lowest BCUT2D eigenvalue weighted by Gasteiger charge is -2.25. The Labute approximate surface area is 179 Å². The number of thioether (sulfide) groups is 1. The zero-order valence-electron chi connectivity index (χ0n) is 15.3. The van der Waals surface area contributed by atoms with Crippen molar-refractivity contribution in [2.45, 2.75) is 49.8 Å². The number of nitrogens with zero attached hydrogens (tertiary/aromatic N) is 2. The Morgan fingerprint density at radius 2 is 1.96 bits per heavy atom. The van der Waals surface area contributed by atoms with E-state index in [-0.39, 0.29) is 28.7 Å². The van der Waals surface area contributed by atoms with Crippen LogP contribution in [-0.2, 0) is 14.6 Å². The van der Waals surface area contributed by atoms with E-state index < -0.39 is 9.84 Å². The summed E-state index contributed by atoms with van der Waals surface area (Å²) in [5.74, 6) is 0.596. The molecule has 1 amide bonds. The maximum atomic E-state index is 12.5. The van der Waals surface area contributed by atoms with Gasteiger partial charge in [0.1, 0.15) is 0 Å². The summed E-state index contributed by atoms with van der Waals surface area (Å²) in [4.78, 5) is 18.7. The highest BCUT2D eigenvalue weighted by atomic mass is 35.5. The summed E-state index contributed by atoms with van der Waals surface area (Å²) in [6, 6.07) is 4.78. The van der Waals surface area contributed by atoms with Crippen LogP contribution in [0.1, 0.15) is 38.5 Å². The minimum absolute atomic E-state index is 0.0305. The van der Waals surface area contributed by atoms with Crippen LogP contribution in [0.5, 0.6) is 0 Å². The predicted octanol–water partition coefficient (Wildman–Crippen LogP) is 4.57. The molecule has 2 aliphatic heterocycles. The minimum atomic E-state index is -3.12. The predicted molar refractivity (Wildman–Crippen MR) is 116 cm³/mol. The Bertz CT molecular complexity index is 914. The van der Waals surface area contributed by atoms with Gasteiger partial charge >= 0.3 is 0 Å². The van der Waals surface area contributed by atoms with E-state index in [4.69, 9.17) is 23.2 Å². The second-order valence-corrected chi connectivity index (χ2v) is 11.9. The van der Waals surface area contributed by atoms with Gasteiger partial charge in [0.15, 0.2) is 15.0 Å². The topological polar surface area (TPSA) is 66.8 Å². The Balaban J connectivity index is 1.60. The highest BCUT2D eigenvalue weighted by Gasteiger charge is 2.49. The summed E-state index contributed by atoms with van der Waals surface area (Å²) in [6.45, 7) is 0. The molecule has 5 nitrogen and oxygen atoms in total. The molecule has 2 atom stereocenters. The molecule has 152 valence electrons. The monoisotopic (exact) mass is 460 g/mol. The van der Waals surface area contributed by atoms with Gasteiger partial charge < -0.3 is 4.90 Å². The lowest BCUT2D eigenvalue weighted by Crippen LogP contribution is -2.38. The molecule has 2 saturated heterocycles. The highest BCUT2D eigenvalue weighted by molar-refractivity contribution is 8.16. The lowest BCUT2D eigenvalue weighted by atomic mass is 10.0. The molecular formula is C19H22Cl2N2O3S2. The number of amides is 1. The van der Waals surface area contributed by atoms with Crippen LogP contribution in [-0.4, -0.2) is 42.3 Å². The van der Waals surface area contributed by atoms with E-state index in [0.29, 0.717) is 33.2 Å². The van der Waals surface area contributed by atoms with Crippen molar-refractivity contribution >= 4 is 61.6 Å². The average molecular weight is 461 g/mol. The van der Waals surface area contributed by atoms with E-state index in [1.807, 2.05) is 4.90 Å². The number of fused-ring (bicyclic) bond motifs is 1. The zero-order valence-corrected chi connectivity index (χ0v) is 18.5. The third-order valence-electron chi connectivity index (χ3n) is 5.70. The quantitative estimate of drug-likeness (QED) is 0.658. The largest absolute Gasteiger partial charge is 0.314 e.